The van der Waals surface area contributed by atoms with E-state index in [2.05, 4.69) is 62.1 Å². The molecule has 0 amide bonds. The Morgan fingerprint density at radius 1 is 1.25 bits per heavy atom. The zero-order chi connectivity index (χ0) is 19.3. The Labute approximate surface area is 175 Å². The van der Waals surface area contributed by atoms with Gasteiger partial charge in [0.1, 0.15) is 5.82 Å². The highest BCUT2D eigenvalue weighted by molar-refractivity contribution is 7.98. The Bertz CT molecular complexity index is 860. The van der Waals surface area contributed by atoms with Crippen molar-refractivity contribution in [2.24, 2.45) is 0 Å². The molecule has 7 heteroatoms. The average molecular weight is 414 g/mol. The minimum absolute atomic E-state index is 0.356. The summed E-state index contributed by atoms with van der Waals surface area (Å²) in [7, 11) is 0. The van der Waals surface area contributed by atoms with Crippen molar-refractivity contribution in [3.63, 3.8) is 0 Å². The maximum atomic E-state index is 4.66. The number of likely N-dealkylation sites (tertiary alicyclic amines) is 1. The predicted octanol–water partition coefficient (Wildman–Crippen LogP) is 4.99. The third-order valence-electron chi connectivity index (χ3n) is 5.13. The smallest absolute Gasteiger partial charge is 0.191 e. The summed E-state index contributed by atoms with van der Waals surface area (Å²) in [6.45, 7) is 7.75. The van der Waals surface area contributed by atoms with Crippen LogP contribution < -0.4 is 0 Å². The molecule has 1 unspecified atom stereocenters. The standard InChI is InChI=1S/C21H27N5S2/c1-16(2)26-20(23-24-21(26)28-15-17-6-3-9-22-12-17)18-7-4-10-25(13-18)14-19-8-5-11-27-19/h3,5-6,8-9,11-12,16,18H,4,7,10,13-15H2,1-2H3. The van der Waals surface area contributed by atoms with Gasteiger partial charge in [0.05, 0.1) is 0 Å². The van der Waals surface area contributed by atoms with E-state index in [9.17, 15) is 0 Å². The van der Waals surface area contributed by atoms with E-state index in [0.29, 0.717) is 12.0 Å². The third kappa shape index (κ3) is 4.64. The van der Waals surface area contributed by atoms with Crippen molar-refractivity contribution in [3.8, 4) is 0 Å². The third-order valence-corrected chi connectivity index (χ3v) is 7.00. The fourth-order valence-corrected chi connectivity index (χ4v) is 5.57. The molecule has 0 spiro atoms. The van der Waals surface area contributed by atoms with Gasteiger partial charge in [-0.15, -0.1) is 21.5 Å². The first-order valence-electron chi connectivity index (χ1n) is 9.92. The van der Waals surface area contributed by atoms with Gasteiger partial charge in [-0.05, 0) is 56.3 Å². The fourth-order valence-electron chi connectivity index (χ4n) is 3.81. The highest BCUT2D eigenvalue weighted by atomic mass is 32.2. The van der Waals surface area contributed by atoms with Crippen molar-refractivity contribution in [2.75, 3.05) is 13.1 Å². The van der Waals surface area contributed by atoms with Crippen LogP contribution in [0.25, 0.3) is 0 Å². The van der Waals surface area contributed by atoms with Gasteiger partial charge in [-0.1, -0.05) is 23.9 Å². The maximum absolute atomic E-state index is 4.66. The normalized spacial score (nSPS) is 18.0. The summed E-state index contributed by atoms with van der Waals surface area (Å²) in [5, 5.41) is 12.4. The van der Waals surface area contributed by atoms with Crippen LogP contribution in [0.2, 0.25) is 0 Å². The molecule has 5 nitrogen and oxygen atoms in total. The number of piperidine rings is 1. The molecule has 1 saturated heterocycles. The monoisotopic (exact) mass is 413 g/mol. The second-order valence-electron chi connectivity index (χ2n) is 7.61. The number of nitrogens with zero attached hydrogens (tertiary/aromatic N) is 5. The summed E-state index contributed by atoms with van der Waals surface area (Å²) in [4.78, 5) is 8.23. The van der Waals surface area contributed by atoms with E-state index < -0.39 is 0 Å². The van der Waals surface area contributed by atoms with Crippen molar-refractivity contribution in [2.45, 2.75) is 56.1 Å². The molecule has 0 aromatic carbocycles. The highest BCUT2D eigenvalue weighted by Crippen LogP contribution is 2.32. The van der Waals surface area contributed by atoms with Crippen LogP contribution in [-0.4, -0.2) is 37.7 Å². The Kier molecular flexibility index (Phi) is 6.44. The van der Waals surface area contributed by atoms with E-state index in [1.54, 1.807) is 11.8 Å². The van der Waals surface area contributed by atoms with Crippen molar-refractivity contribution >= 4 is 23.1 Å². The van der Waals surface area contributed by atoms with Crippen LogP contribution in [-0.2, 0) is 12.3 Å². The van der Waals surface area contributed by atoms with E-state index in [-0.39, 0.29) is 0 Å². The van der Waals surface area contributed by atoms with Gasteiger partial charge in [0, 0.05) is 48.1 Å². The molecule has 1 fully saturated rings. The molecule has 1 aliphatic rings. The largest absolute Gasteiger partial charge is 0.303 e. The quantitative estimate of drug-likeness (QED) is 0.511. The lowest BCUT2D eigenvalue weighted by Crippen LogP contribution is -2.34. The number of hydrogen-bond donors (Lipinski definition) is 0. The molecule has 4 heterocycles. The molecule has 0 aliphatic carbocycles. The maximum Gasteiger partial charge on any atom is 0.191 e. The zero-order valence-corrected chi connectivity index (χ0v) is 18.1. The van der Waals surface area contributed by atoms with Crippen molar-refractivity contribution in [1.82, 2.24) is 24.6 Å². The Morgan fingerprint density at radius 2 is 2.18 bits per heavy atom. The van der Waals surface area contributed by atoms with Crippen molar-refractivity contribution < 1.29 is 0 Å². The average Bonchev–Trinajstić information content (AvgIpc) is 3.37. The van der Waals surface area contributed by atoms with Crippen LogP contribution in [0.3, 0.4) is 0 Å². The molecule has 4 rings (SSSR count). The molecular formula is C21H27N5S2. The van der Waals surface area contributed by atoms with E-state index in [1.807, 2.05) is 29.8 Å². The van der Waals surface area contributed by atoms with E-state index in [0.717, 1.165) is 29.8 Å². The predicted molar refractivity (Wildman–Crippen MR) is 116 cm³/mol. The minimum Gasteiger partial charge on any atom is -0.303 e. The lowest BCUT2D eigenvalue weighted by atomic mass is 9.97. The zero-order valence-electron chi connectivity index (χ0n) is 16.5. The first kappa shape index (κ1) is 19.6. The summed E-state index contributed by atoms with van der Waals surface area (Å²) in [5.41, 5.74) is 1.21. The van der Waals surface area contributed by atoms with E-state index >= 15 is 0 Å². The van der Waals surface area contributed by atoms with Crippen molar-refractivity contribution in [1.29, 1.82) is 0 Å². The lowest BCUT2D eigenvalue weighted by Gasteiger charge is -2.32. The molecule has 0 saturated carbocycles. The Hall–Kier alpha value is -1.70. The van der Waals surface area contributed by atoms with Crippen LogP contribution in [0.5, 0.6) is 0 Å². The van der Waals surface area contributed by atoms with Crippen LogP contribution in [0.1, 0.15) is 54.9 Å². The van der Waals surface area contributed by atoms with E-state index in [4.69, 9.17) is 0 Å². The van der Waals surface area contributed by atoms with Crippen molar-refractivity contribution in [3.05, 3.63) is 58.3 Å². The van der Waals surface area contributed by atoms with Gasteiger partial charge < -0.3 is 4.57 Å². The van der Waals surface area contributed by atoms with Crippen LogP contribution in [0.4, 0.5) is 0 Å². The van der Waals surface area contributed by atoms with Crippen LogP contribution >= 0.6 is 23.1 Å². The molecule has 0 N–H and O–H groups in total. The first-order chi connectivity index (χ1) is 13.7. The SMILES string of the molecule is CC(C)n1c(SCc2cccnc2)nnc1C1CCCN(Cc2cccs2)C1. The molecule has 0 bridgehead atoms. The van der Waals surface area contributed by atoms with Gasteiger partial charge >= 0.3 is 0 Å². The fraction of sp³-hybridized carbons (Fsp3) is 0.476. The first-order valence-corrected chi connectivity index (χ1v) is 11.8. The van der Waals surface area contributed by atoms with E-state index in [1.165, 1.54) is 29.8 Å². The lowest BCUT2D eigenvalue weighted by molar-refractivity contribution is 0.195. The summed E-state index contributed by atoms with van der Waals surface area (Å²) < 4.78 is 2.35. The number of hydrogen-bond acceptors (Lipinski definition) is 6. The minimum atomic E-state index is 0.356. The summed E-state index contributed by atoms with van der Waals surface area (Å²) in [5.74, 6) is 2.48. The molecule has 1 atom stereocenters. The number of thiophene rings is 1. The number of thioether (sulfide) groups is 1. The molecule has 28 heavy (non-hydrogen) atoms. The van der Waals surface area contributed by atoms with Gasteiger partial charge in [0.2, 0.25) is 0 Å². The molecule has 3 aromatic rings. The van der Waals surface area contributed by atoms with Gasteiger partial charge in [-0.25, -0.2) is 0 Å². The number of aromatic nitrogens is 4. The van der Waals surface area contributed by atoms with Gasteiger partial charge in [-0.3, -0.25) is 9.88 Å². The topological polar surface area (TPSA) is 46.8 Å². The number of pyridine rings is 1. The van der Waals surface area contributed by atoms with Crippen LogP contribution in [0.15, 0.2) is 47.2 Å². The van der Waals surface area contributed by atoms with Gasteiger partial charge in [0.15, 0.2) is 5.16 Å². The molecule has 0 radical (unpaired) electrons. The van der Waals surface area contributed by atoms with Gasteiger partial charge in [-0.2, -0.15) is 0 Å². The Balaban J connectivity index is 1.48. The van der Waals surface area contributed by atoms with Gasteiger partial charge in [0.25, 0.3) is 0 Å². The molecule has 148 valence electrons. The molecule has 1 aliphatic heterocycles. The summed E-state index contributed by atoms with van der Waals surface area (Å²) in [6.07, 6.45) is 6.15. The number of rotatable bonds is 7. The summed E-state index contributed by atoms with van der Waals surface area (Å²) in [6, 6.07) is 8.83. The van der Waals surface area contributed by atoms with Crippen LogP contribution in [0, 0.1) is 0 Å². The highest BCUT2D eigenvalue weighted by Gasteiger charge is 2.28. The molecular weight excluding hydrogens is 386 g/mol. The Morgan fingerprint density at radius 3 is 2.93 bits per heavy atom. The summed E-state index contributed by atoms with van der Waals surface area (Å²) >= 11 is 3.60. The second kappa shape index (κ2) is 9.20. The molecule has 3 aromatic heterocycles. The second-order valence-corrected chi connectivity index (χ2v) is 9.58.